The highest BCUT2D eigenvalue weighted by molar-refractivity contribution is 6.03. The number of hydrogen-bond donors (Lipinski definition) is 2. The molecule has 22 heavy (non-hydrogen) atoms. The summed E-state index contributed by atoms with van der Waals surface area (Å²) in [5.41, 5.74) is 0.461. The average molecular weight is 310 g/mol. The fourth-order valence-electron chi connectivity index (χ4n) is 1.83. The molecule has 0 aliphatic rings. The van der Waals surface area contributed by atoms with Crippen LogP contribution in [0, 0.1) is 0 Å². The first-order valence-corrected chi connectivity index (χ1v) is 6.92. The minimum absolute atomic E-state index is 0.239. The van der Waals surface area contributed by atoms with E-state index in [9.17, 15) is 9.59 Å². The molecule has 0 aliphatic carbocycles. The molecule has 0 unspecified atom stereocenters. The Morgan fingerprint density at radius 2 is 1.59 bits per heavy atom. The van der Waals surface area contributed by atoms with Crippen molar-refractivity contribution in [2.75, 3.05) is 33.2 Å². The molecule has 0 fully saturated rings. The summed E-state index contributed by atoms with van der Waals surface area (Å²) in [5.74, 6) is 0.554. The number of rotatable bonds is 8. The van der Waals surface area contributed by atoms with Crippen molar-refractivity contribution in [2.24, 2.45) is 0 Å². The maximum Gasteiger partial charge on any atom is 0.233 e. The average Bonchev–Trinajstić information content (AvgIpc) is 2.51. The Kier molecular flexibility index (Phi) is 7.01. The number of anilines is 1. The number of nitrogens with one attached hydrogen (secondary N) is 2. The summed E-state index contributed by atoms with van der Waals surface area (Å²) >= 11 is 0. The van der Waals surface area contributed by atoms with Gasteiger partial charge in [-0.05, 0) is 6.42 Å². The summed E-state index contributed by atoms with van der Waals surface area (Å²) in [5, 5.41) is 5.28. The second kappa shape index (κ2) is 8.76. The Hall–Kier alpha value is -2.44. The largest absolute Gasteiger partial charge is 0.493 e. The molecular formula is C15H22N2O5. The third-order valence-corrected chi connectivity index (χ3v) is 2.84. The van der Waals surface area contributed by atoms with Gasteiger partial charge in [0, 0.05) is 24.4 Å². The maximum absolute atomic E-state index is 11.9. The van der Waals surface area contributed by atoms with Gasteiger partial charge in [0.1, 0.15) is 6.42 Å². The summed E-state index contributed by atoms with van der Waals surface area (Å²) in [4.78, 5) is 23.4. The summed E-state index contributed by atoms with van der Waals surface area (Å²) in [6.07, 6.45) is 0.580. The molecule has 0 heterocycles. The van der Waals surface area contributed by atoms with Gasteiger partial charge in [-0.25, -0.2) is 0 Å². The molecule has 7 heteroatoms. The Balaban J connectivity index is 2.80. The van der Waals surface area contributed by atoms with E-state index >= 15 is 0 Å². The number of ether oxygens (including phenoxy) is 3. The summed E-state index contributed by atoms with van der Waals surface area (Å²) < 4.78 is 15.6. The minimum Gasteiger partial charge on any atom is -0.493 e. The van der Waals surface area contributed by atoms with Crippen LogP contribution in [0.4, 0.5) is 5.69 Å². The predicted molar refractivity (Wildman–Crippen MR) is 82.6 cm³/mol. The van der Waals surface area contributed by atoms with E-state index in [1.165, 1.54) is 21.3 Å². The minimum atomic E-state index is -0.414. The number of benzene rings is 1. The Morgan fingerprint density at radius 3 is 2.05 bits per heavy atom. The lowest BCUT2D eigenvalue weighted by atomic mass is 10.2. The first kappa shape index (κ1) is 17.6. The zero-order valence-corrected chi connectivity index (χ0v) is 13.3. The van der Waals surface area contributed by atoms with Crippen LogP contribution in [-0.4, -0.2) is 39.7 Å². The van der Waals surface area contributed by atoms with Crippen molar-refractivity contribution in [1.82, 2.24) is 5.32 Å². The molecular weight excluding hydrogens is 288 g/mol. The first-order valence-electron chi connectivity index (χ1n) is 6.92. The van der Waals surface area contributed by atoms with Gasteiger partial charge in [-0.1, -0.05) is 6.92 Å². The van der Waals surface area contributed by atoms with Gasteiger partial charge in [-0.3, -0.25) is 9.59 Å². The van der Waals surface area contributed by atoms with Crippen molar-refractivity contribution in [2.45, 2.75) is 19.8 Å². The van der Waals surface area contributed by atoms with Gasteiger partial charge in [0.25, 0.3) is 0 Å². The van der Waals surface area contributed by atoms with Crippen LogP contribution in [0.15, 0.2) is 12.1 Å². The highest BCUT2D eigenvalue weighted by Gasteiger charge is 2.15. The molecule has 0 aromatic heterocycles. The highest BCUT2D eigenvalue weighted by Crippen LogP contribution is 2.39. The van der Waals surface area contributed by atoms with E-state index in [0.717, 1.165) is 6.42 Å². The van der Waals surface area contributed by atoms with Crippen molar-refractivity contribution >= 4 is 17.5 Å². The molecule has 0 bridgehead atoms. The van der Waals surface area contributed by atoms with Crippen molar-refractivity contribution in [3.8, 4) is 17.2 Å². The quantitative estimate of drug-likeness (QED) is 0.712. The molecule has 0 aliphatic heterocycles. The summed E-state index contributed by atoms with van der Waals surface area (Å²) in [7, 11) is 4.47. The van der Waals surface area contributed by atoms with Crippen LogP contribution < -0.4 is 24.8 Å². The number of carbonyl (C=O) groups excluding carboxylic acids is 2. The van der Waals surface area contributed by atoms with Crippen molar-refractivity contribution < 1.29 is 23.8 Å². The Bertz CT molecular complexity index is 506. The van der Waals surface area contributed by atoms with E-state index < -0.39 is 5.91 Å². The number of amides is 2. The third-order valence-electron chi connectivity index (χ3n) is 2.84. The molecule has 0 spiro atoms. The van der Waals surface area contributed by atoms with Crippen LogP contribution in [0.3, 0.4) is 0 Å². The van der Waals surface area contributed by atoms with E-state index in [4.69, 9.17) is 14.2 Å². The van der Waals surface area contributed by atoms with Crippen molar-refractivity contribution in [1.29, 1.82) is 0 Å². The van der Waals surface area contributed by atoms with E-state index in [0.29, 0.717) is 29.5 Å². The van der Waals surface area contributed by atoms with Gasteiger partial charge in [-0.2, -0.15) is 0 Å². The third kappa shape index (κ3) is 4.83. The monoisotopic (exact) mass is 310 g/mol. The van der Waals surface area contributed by atoms with Gasteiger partial charge in [-0.15, -0.1) is 0 Å². The summed E-state index contributed by atoms with van der Waals surface area (Å²) in [6.45, 7) is 2.49. The fourth-order valence-corrected chi connectivity index (χ4v) is 1.83. The van der Waals surface area contributed by atoms with E-state index in [1.54, 1.807) is 12.1 Å². The molecule has 2 N–H and O–H groups in total. The van der Waals surface area contributed by atoms with Crippen LogP contribution in [-0.2, 0) is 9.59 Å². The zero-order valence-electron chi connectivity index (χ0n) is 13.3. The highest BCUT2D eigenvalue weighted by atomic mass is 16.5. The van der Waals surface area contributed by atoms with Crippen LogP contribution in [0.2, 0.25) is 0 Å². The summed E-state index contributed by atoms with van der Waals surface area (Å²) in [6, 6.07) is 3.20. The molecule has 1 rings (SSSR count). The van der Waals surface area contributed by atoms with Crippen LogP contribution in [0.1, 0.15) is 19.8 Å². The Morgan fingerprint density at radius 1 is 1.00 bits per heavy atom. The lowest BCUT2D eigenvalue weighted by Gasteiger charge is -2.14. The van der Waals surface area contributed by atoms with Crippen molar-refractivity contribution in [3.05, 3.63) is 12.1 Å². The number of carbonyl (C=O) groups is 2. The smallest absolute Gasteiger partial charge is 0.233 e. The molecule has 0 atom stereocenters. The topological polar surface area (TPSA) is 85.9 Å². The maximum atomic E-state index is 11.9. The molecule has 2 amide bonds. The molecule has 122 valence electrons. The van der Waals surface area contributed by atoms with Crippen molar-refractivity contribution in [3.63, 3.8) is 0 Å². The molecule has 0 saturated carbocycles. The molecule has 0 saturated heterocycles. The van der Waals surface area contributed by atoms with E-state index in [-0.39, 0.29) is 12.3 Å². The van der Waals surface area contributed by atoms with Gasteiger partial charge in [0.15, 0.2) is 11.5 Å². The SMILES string of the molecule is CCCNC(=O)CC(=O)Nc1cc(OC)c(OC)c(OC)c1. The normalized spacial score (nSPS) is 9.82. The van der Waals surface area contributed by atoms with E-state index in [1.807, 2.05) is 6.92 Å². The number of hydrogen-bond acceptors (Lipinski definition) is 5. The molecule has 1 aromatic carbocycles. The van der Waals surface area contributed by atoms with Gasteiger partial charge in [0.05, 0.1) is 21.3 Å². The van der Waals surface area contributed by atoms with E-state index in [2.05, 4.69) is 10.6 Å². The standard InChI is InChI=1S/C15H22N2O5/c1-5-6-16-13(18)9-14(19)17-10-7-11(20-2)15(22-4)12(8-10)21-3/h7-8H,5-6,9H2,1-4H3,(H,16,18)(H,17,19). The Labute approximate surface area is 129 Å². The first-order chi connectivity index (χ1) is 10.5. The fraction of sp³-hybridized carbons (Fsp3) is 0.467. The molecule has 0 radical (unpaired) electrons. The van der Waals surface area contributed by atoms with Crippen LogP contribution >= 0.6 is 0 Å². The van der Waals surface area contributed by atoms with Crippen LogP contribution in [0.5, 0.6) is 17.2 Å². The zero-order chi connectivity index (χ0) is 16.5. The lowest BCUT2D eigenvalue weighted by molar-refractivity contribution is -0.126. The molecule has 7 nitrogen and oxygen atoms in total. The predicted octanol–water partition coefficient (Wildman–Crippen LogP) is 1.57. The second-order valence-corrected chi connectivity index (χ2v) is 4.49. The lowest BCUT2D eigenvalue weighted by Crippen LogP contribution is -2.28. The van der Waals surface area contributed by atoms with Gasteiger partial charge < -0.3 is 24.8 Å². The van der Waals surface area contributed by atoms with Gasteiger partial charge in [0.2, 0.25) is 17.6 Å². The number of methoxy groups -OCH3 is 3. The molecule has 1 aromatic rings. The van der Waals surface area contributed by atoms with Gasteiger partial charge >= 0.3 is 0 Å². The second-order valence-electron chi connectivity index (χ2n) is 4.49. The van der Waals surface area contributed by atoms with Crippen LogP contribution in [0.25, 0.3) is 0 Å².